The van der Waals surface area contributed by atoms with Crippen LogP contribution < -0.4 is 0 Å². The molecule has 0 heterocycles. The van der Waals surface area contributed by atoms with E-state index in [0.29, 0.717) is 18.0 Å². The van der Waals surface area contributed by atoms with E-state index < -0.39 is 5.97 Å². The van der Waals surface area contributed by atoms with E-state index in [0.717, 1.165) is 30.6 Å². The van der Waals surface area contributed by atoms with Crippen LogP contribution in [0.25, 0.3) is 0 Å². The molecule has 4 saturated carbocycles. The Hall–Kier alpha value is -0.570. The van der Waals surface area contributed by atoms with Gasteiger partial charge in [-0.1, -0.05) is 6.92 Å². The van der Waals surface area contributed by atoms with E-state index in [1.807, 2.05) is 0 Å². The quantitative estimate of drug-likeness (QED) is 0.808. The first-order valence-corrected chi connectivity index (χ1v) is 8.47. The van der Waals surface area contributed by atoms with Crippen LogP contribution in [0.3, 0.4) is 0 Å². The summed E-state index contributed by atoms with van der Waals surface area (Å²) in [5.41, 5.74) is 0.411. The fourth-order valence-corrected chi connectivity index (χ4v) is 5.85. The van der Waals surface area contributed by atoms with Crippen LogP contribution in [0.4, 0.5) is 0 Å². The fourth-order valence-electron chi connectivity index (χ4n) is 5.85. The predicted molar refractivity (Wildman–Crippen MR) is 79.6 cm³/mol. The number of carbonyl (C=O) groups is 1. The van der Waals surface area contributed by atoms with Crippen LogP contribution in [0.1, 0.15) is 64.7 Å². The largest absolute Gasteiger partial charge is 0.481 e. The first-order chi connectivity index (χ1) is 9.52. The van der Waals surface area contributed by atoms with Crippen molar-refractivity contribution in [3.05, 3.63) is 0 Å². The fraction of sp³-hybridized carbons (Fsp3) is 0.941. The molecule has 4 aliphatic rings. The van der Waals surface area contributed by atoms with Gasteiger partial charge in [0.05, 0.1) is 0 Å². The van der Waals surface area contributed by atoms with Gasteiger partial charge in [0.2, 0.25) is 0 Å². The lowest BCUT2D eigenvalue weighted by Gasteiger charge is -2.61. The third-order valence-corrected chi connectivity index (χ3v) is 6.46. The highest BCUT2D eigenvalue weighted by atomic mass is 16.4. The lowest BCUT2D eigenvalue weighted by molar-refractivity contribution is -0.138. The minimum atomic E-state index is -0.651. The molecule has 1 atom stereocenters. The van der Waals surface area contributed by atoms with Crippen molar-refractivity contribution in [3.8, 4) is 0 Å². The van der Waals surface area contributed by atoms with Gasteiger partial charge in [0.15, 0.2) is 0 Å². The van der Waals surface area contributed by atoms with Gasteiger partial charge < -0.3 is 5.11 Å². The van der Waals surface area contributed by atoms with Gasteiger partial charge in [-0.25, -0.2) is 0 Å². The Labute approximate surface area is 122 Å². The highest BCUT2D eigenvalue weighted by molar-refractivity contribution is 5.66. The van der Waals surface area contributed by atoms with Gasteiger partial charge in [-0.3, -0.25) is 9.69 Å². The molecule has 4 bridgehead atoms. The molecule has 114 valence electrons. The Bertz CT molecular complexity index is 344. The number of aliphatic carboxylic acids is 1. The van der Waals surface area contributed by atoms with E-state index >= 15 is 0 Å². The molecule has 0 radical (unpaired) electrons. The summed E-state index contributed by atoms with van der Waals surface area (Å²) in [6.45, 7) is 2.21. The minimum absolute atomic E-state index is 0.315. The van der Waals surface area contributed by atoms with E-state index in [2.05, 4.69) is 18.9 Å². The number of nitrogens with zero attached hydrogens (tertiary/aromatic N) is 1. The van der Waals surface area contributed by atoms with E-state index in [1.165, 1.54) is 38.5 Å². The second-order valence-corrected chi connectivity index (χ2v) is 7.75. The number of hydrogen-bond donors (Lipinski definition) is 1. The summed E-state index contributed by atoms with van der Waals surface area (Å²) in [4.78, 5) is 13.5. The summed E-state index contributed by atoms with van der Waals surface area (Å²) in [7, 11) is 2.28. The molecule has 0 aromatic carbocycles. The van der Waals surface area contributed by atoms with Gasteiger partial charge in [0, 0.05) is 18.0 Å². The number of carboxylic acids is 1. The molecule has 0 amide bonds. The molecule has 0 saturated heterocycles. The molecule has 1 unspecified atom stereocenters. The molecule has 4 fully saturated rings. The normalized spacial score (nSPS) is 40.2. The number of rotatable bonds is 6. The molecule has 0 aromatic rings. The van der Waals surface area contributed by atoms with Gasteiger partial charge in [-0.05, 0) is 76.2 Å². The molecule has 0 spiro atoms. The van der Waals surface area contributed by atoms with E-state index in [9.17, 15) is 4.79 Å². The molecule has 3 nitrogen and oxygen atoms in total. The van der Waals surface area contributed by atoms with Crippen molar-refractivity contribution in [3.63, 3.8) is 0 Å². The minimum Gasteiger partial charge on any atom is -0.481 e. The second kappa shape index (κ2) is 5.32. The zero-order valence-electron chi connectivity index (χ0n) is 13.0. The average molecular weight is 279 g/mol. The molecule has 4 rings (SSSR count). The SMILES string of the molecule is CCC(CCC(=O)O)N(C)C12CC3CC(CC(C3)C1)C2. The lowest BCUT2D eigenvalue weighted by atomic mass is 9.52. The van der Waals surface area contributed by atoms with Crippen molar-refractivity contribution in [2.45, 2.75) is 76.3 Å². The molecule has 0 aliphatic heterocycles. The van der Waals surface area contributed by atoms with Crippen LogP contribution >= 0.6 is 0 Å². The van der Waals surface area contributed by atoms with Gasteiger partial charge in [-0.2, -0.15) is 0 Å². The third kappa shape index (κ3) is 2.49. The zero-order valence-corrected chi connectivity index (χ0v) is 13.0. The molecular formula is C17H29NO2. The van der Waals surface area contributed by atoms with Crippen LogP contribution in [0, 0.1) is 17.8 Å². The lowest BCUT2D eigenvalue weighted by Crippen LogP contribution is -2.61. The molecule has 3 heteroatoms. The maximum Gasteiger partial charge on any atom is 0.303 e. The Morgan fingerprint density at radius 3 is 2.10 bits per heavy atom. The van der Waals surface area contributed by atoms with E-state index in [4.69, 9.17) is 5.11 Å². The monoisotopic (exact) mass is 279 g/mol. The van der Waals surface area contributed by atoms with Gasteiger partial charge in [-0.15, -0.1) is 0 Å². The molecule has 4 aliphatic carbocycles. The first-order valence-electron chi connectivity index (χ1n) is 8.47. The zero-order chi connectivity index (χ0) is 14.3. The molecular weight excluding hydrogens is 250 g/mol. The summed E-state index contributed by atoms with van der Waals surface area (Å²) in [6.07, 6.45) is 10.7. The molecule has 0 aromatic heterocycles. The van der Waals surface area contributed by atoms with Crippen LogP contribution in [0.15, 0.2) is 0 Å². The number of carboxylic acid groups (broad SMARTS) is 1. The maximum absolute atomic E-state index is 10.9. The predicted octanol–water partition coefficient (Wildman–Crippen LogP) is 3.53. The molecule has 20 heavy (non-hydrogen) atoms. The van der Waals surface area contributed by atoms with Gasteiger partial charge in [0.1, 0.15) is 0 Å². The Kier molecular flexibility index (Phi) is 3.83. The topological polar surface area (TPSA) is 40.5 Å². The van der Waals surface area contributed by atoms with Crippen molar-refractivity contribution < 1.29 is 9.90 Å². The van der Waals surface area contributed by atoms with Crippen molar-refractivity contribution in [1.29, 1.82) is 0 Å². The third-order valence-electron chi connectivity index (χ3n) is 6.46. The highest BCUT2D eigenvalue weighted by Crippen LogP contribution is 2.58. The van der Waals surface area contributed by atoms with Crippen molar-refractivity contribution in [1.82, 2.24) is 4.90 Å². The Morgan fingerprint density at radius 1 is 1.20 bits per heavy atom. The van der Waals surface area contributed by atoms with Crippen molar-refractivity contribution in [2.75, 3.05) is 7.05 Å². The first kappa shape index (κ1) is 14.4. The van der Waals surface area contributed by atoms with Gasteiger partial charge in [0.25, 0.3) is 0 Å². The van der Waals surface area contributed by atoms with Crippen LogP contribution in [-0.2, 0) is 4.79 Å². The number of hydrogen-bond acceptors (Lipinski definition) is 2. The Morgan fingerprint density at radius 2 is 1.70 bits per heavy atom. The van der Waals surface area contributed by atoms with E-state index in [1.54, 1.807) is 0 Å². The summed E-state index contributed by atoms with van der Waals surface area (Å²) in [5.74, 6) is 2.23. The van der Waals surface area contributed by atoms with Crippen LogP contribution in [-0.4, -0.2) is 34.6 Å². The van der Waals surface area contributed by atoms with Crippen molar-refractivity contribution in [2.24, 2.45) is 17.8 Å². The maximum atomic E-state index is 10.9. The standard InChI is InChI=1S/C17H29NO2/c1-3-15(4-5-16(19)20)18(2)17-9-12-6-13(10-17)8-14(7-12)11-17/h12-15H,3-11H2,1-2H3,(H,19,20). The highest BCUT2D eigenvalue weighted by Gasteiger charge is 2.53. The molecule has 1 N–H and O–H groups in total. The summed E-state index contributed by atoms with van der Waals surface area (Å²) < 4.78 is 0. The van der Waals surface area contributed by atoms with Gasteiger partial charge >= 0.3 is 5.97 Å². The van der Waals surface area contributed by atoms with Crippen LogP contribution in [0.2, 0.25) is 0 Å². The average Bonchev–Trinajstić information content (AvgIpc) is 2.37. The summed E-state index contributed by atoms with van der Waals surface area (Å²) >= 11 is 0. The smallest absolute Gasteiger partial charge is 0.303 e. The summed E-state index contributed by atoms with van der Waals surface area (Å²) in [6, 6.07) is 0.447. The van der Waals surface area contributed by atoms with E-state index in [-0.39, 0.29) is 0 Å². The van der Waals surface area contributed by atoms with Crippen LogP contribution in [0.5, 0.6) is 0 Å². The second-order valence-electron chi connectivity index (χ2n) is 7.75. The summed E-state index contributed by atoms with van der Waals surface area (Å²) in [5, 5.41) is 8.96. The van der Waals surface area contributed by atoms with Crippen molar-refractivity contribution >= 4 is 5.97 Å². The Balaban J connectivity index is 1.71.